The molecule has 0 spiro atoms. The van der Waals surface area contributed by atoms with Gasteiger partial charge in [-0.05, 0) is 66.2 Å². The minimum absolute atomic E-state index is 0.235. The summed E-state index contributed by atoms with van der Waals surface area (Å²) in [5.74, 6) is -0.825. The molecule has 0 heterocycles. The average molecular weight is 479 g/mol. The first-order chi connectivity index (χ1) is 12.8. The van der Waals surface area contributed by atoms with Gasteiger partial charge in [0, 0.05) is 11.1 Å². The molecule has 11 heteroatoms. The zero-order chi connectivity index (χ0) is 23.3. The van der Waals surface area contributed by atoms with E-state index in [1.54, 1.807) is 13.8 Å². The topological polar surface area (TPSA) is 80.3 Å². The van der Waals surface area contributed by atoms with E-state index in [1.165, 1.54) is 0 Å². The van der Waals surface area contributed by atoms with Crippen LogP contribution < -0.4 is 0 Å². The zero-order valence-corrected chi connectivity index (χ0v) is 23.7. The summed E-state index contributed by atoms with van der Waals surface area (Å²) < 4.78 is 29.7. The van der Waals surface area contributed by atoms with Gasteiger partial charge in [0.05, 0.1) is 0 Å². The van der Waals surface area contributed by atoms with Crippen LogP contribution in [0.4, 0.5) is 0 Å². The van der Waals surface area contributed by atoms with Gasteiger partial charge in [0.25, 0.3) is 0 Å². The Balaban J connectivity index is 4.92. The smallest absolute Gasteiger partial charge is 0.332 e. The van der Waals surface area contributed by atoms with Crippen molar-refractivity contribution >= 4 is 45.7 Å². The van der Waals surface area contributed by atoms with Crippen molar-refractivity contribution in [1.82, 2.24) is 0 Å². The van der Waals surface area contributed by atoms with Crippen LogP contribution in [0.15, 0.2) is 24.3 Å². The Morgan fingerprint density at radius 2 is 0.897 bits per heavy atom. The summed E-state index contributed by atoms with van der Waals surface area (Å²) in [5.41, 5.74) is 0.730. The Hall–Kier alpha value is -0.832. The van der Waals surface area contributed by atoms with Crippen molar-refractivity contribution in [1.29, 1.82) is 0 Å². The molecule has 0 aromatic heterocycles. The largest absolute Gasteiger partial charge is 0.463 e. The lowest BCUT2D eigenvalue weighted by molar-refractivity contribution is -0.138. The highest BCUT2D eigenvalue weighted by Gasteiger charge is 2.44. The molecule has 168 valence electrons. The summed E-state index contributed by atoms with van der Waals surface area (Å²) in [6, 6.07) is 0. The van der Waals surface area contributed by atoms with Crippen molar-refractivity contribution < 1.29 is 31.4 Å². The lowest BCUT2D eigenvalue weighted by Gasteiger charge is -2.40. The van der Waals surface area contributed by atoms with Crippen molar-refractivity contribution in [3.63, 3.8) is 0 Å². The number of esters is 2. The van der Waals surface area contributed by atoms with Crippen LogP contribution in [0.1, 0.15) is 13.8 Å². The van der Waals surface area contributed by atoms with Crippen LogP contribution >= 0.6 is 0 Å². The summed E-state index contributed by atoms with van der Waals surface area (Å²) in [7, 11) is -9.70. The summed E-state index contributed by atoms with van der Waals surface area (Å²) >= 11 is 0. The van der Waals surface area contributed by atoms with Gasteiger partial charge >= 0.3 is 29.1 Å². The second kappa shape index (κ2) is 10.5. The van der Waals surface area contributed by atoms with Crippen molar-refractivity contribution in [3.8, 4) is 0 Å². The number of hydrogen-bond donors (Lipinski definition) is 0. The van der Waals surface area contributed by atoms with Gasteiger partial charge in [0.15, 0.2) is 0 Å². The second-order valence-electron chi connectivity index (χ2n) is 9.34. The molecule has 0 aromatic carbocycles. The molecule has 0 amide bonds. The maximum Gasteiger partial charge on any atom is 0.332 e. The zero-order valence-electron chi connectivity index (χ0n) is 19.7. The molecule has 0 unspecified atom stereocenters. The fourth-order valence-electron chi connectivity index (χ4n) is 2.75. The number of carbonyl (C=O) groups is 2. The van der Waals surface area contributed by atoms with Crippen molar-refractivity contribution in [3.05, 3.63) is 24.3 Å². The van der Waals surface area contributed by atoms with Crippen LogP contribution in [0.25, 0.3) is 0 Å². The molecule has 0 saturated heterocycles. The number of rotatable bonds is 12. The van der Waals surface area contributed by atoms with E-state index in [0.29, 0.717) is 11.1 Å². The lowest BCUT2D eigenvalue weighted by Crippen LogP contribution is -2.58. The van der Waals surface area contributed by atoms with Crippen LogP contribution in [0.5, 0.6) is 0 Å². The van der Waals surface area contributed by atoms with Gasteiger partial charge < -0.3 is 21.8 Å². The molecule has 0 bridgehead atoms. The molecule has 0 fully saturated rings. The molecule has 7 nitrogen and oxygen atoms in total. The predicted octanol–water partition coefficient (Wildman–Crippen LogP) is 4.17. The van der Waals surface area contributed by atoms with Gasteiger partial charge in [-0.25, -0.2) is 9.59 Å². The van der Waals surface area contributed by atoms with Crippen molar-refractivity contribution in [2.24, 2.45) is 0 Å². The van der Waals surface area contributed by atoms with E-state index in [0.717, 1.165) is 0 Å². The van der Waals surface area contributed by atoms with Crippen molar-refractivity contribution in [2.45, 2.75) is 66.2 Å². The normalized spacial score (nSPS) is 13.0. The quantitative estimate of drug-likeness (QED) is 0.236. The predicted molar refractivity (Wildman–Crippen MR) is 125 cm³/mol. The Kier molecular flexibility index (Phi) is 10.2. The first kappa shape index (κ1) is 28.2. The Morgan fingerprint density at radius 3 is 1.14 bits per heavy atom. The van der Waals surface area contributed by atoms with Gasteiger partial charge in [0.2, 0.25) is 16.6 Å². The first-order valence-corrected chi connectivity index (χ1v) is 21.4. The maximum absolute atomic E-state index is 11.7. The number of carbonyl (C=O) groups excluding carboxylic acids is 2. The second-order valence-corrected chi connectivity index (χ2v) is 25.0. The van der Waals surface area contributed by atoms with Gasteiger partial charge in [-0.3, -0.25) is 0 Å². The van der Waals surface area contributed by atoms with E-state index in [2.05, 4.69) is 13.2 Å². The Bertz CT molecular complexity index is 588. The SMILES string of the molecule is C=C(C)C(=O)OC[Si](C)(C)O[Si](C)(C)O[Si](C)(C)O[Si](C)(C)COC(=O)C(=C)C. The molecule has 29 heavy (non-hydrogen) atoms. The minimum Gasteiger partial charge on any atom is -0.463 e. The molecule has 0 aliphatic carbocycles. The van der Waals surface area contributed by atoms with E-state index in [4.69, 9.17) is 21.8 Å². The first-order valence-electron chi connectivity index (χ1n) is 9.53. The van der Waals surface area contributed by atoms with Gasteiger partial charge in [-0.1, -0.05) is 13.2 Å². The highest BCUT2D eigenvalue weighted by molar-refractivity contribution is 6.89. The van der Waals surface area contributed by atoms with E-state index < -0.39 is 45.7 Å². The third kappa shape index (κ3) is 12.5. The average Bonchev–Trinajstić information content (AvgIpc) is 2.46. The summed E-state index contributed by atoms with van der Waals surface area (Å²) in [5, 5.41) is 0. The van der Waals surface area contributed by atoms with E-state index in [1.807, 2.05) is 52.4 Å². The summed E-state index contributed by atoms with van der Waals surface area (Å²) in [6.07, 6.45) is 0.469. The molecule has 0 saturated carbocycles. The van der Waals surface area contributed by atoms with Gasteiger partial charge in [0.1, 0.15) is 12.5 Å². The molecule has 0 aliphatic heterocycles. The molecular formula is C18H38O7Si4. The Labute approximate surface area is 180 Å². The van der Waals surface area contributed by atoms with Crippen LogP contribution in [-0.2, 0) is 31.4 Å². The molecule has 0 atom stereocenters. The minimum atomic E-state index is -2.55. The summed E-state index contributed by atoms with van der Waals surface area (Å²) in [6.45, 7) is 26.2. The van der Waals surface area contributed by atoms with Crippen LogP contribution in [0, 0.1) is 0 Å². The van der Waals surface area contributed by atoms with E-state index in [9.17, 15) is 9.59 Å². The Morgan fingerprint density at radius 1 is 0.621 bits per heavy atom. The molecule has 0 aromatic rings. The summed E-state index contributed by atoms with van der Waals surface area (Å²) in [4.78, 5) is 23.3. The molecule has 0 rings (SSSR count). The molecule has 0 radical (unpaired) electrons. The van der Waals surface area contributed by atoms with Crippen LogP contribution in [-0.4, -0.2) is 58.2 Å². The van der Waals surface area contributed by atoms with E-state index >= 15 is 0 Å². The highest BCUT2D eigenvalue weighted by Crippen LogP contribution is 2.24. The highest BCUT2D eigenvalue weighted by atomic mass is 28.5. The van der Waals surface area contributed by atoms with Crippen LogP contribution in [0.2, 0.25) is 52.4 Å². The third-order valence-corrected chi connectivity index (χ3v) is 17.3. The lowest BCUT2D eigenvalue weighted by atomic mass is 10.4. The number of ether oxygens (including phenoxy) is 2. The standard InChI is InChI=1S/C18H38O7Si4/c1-15(2)17(19)21-13-26(5,6)23-28(9,10)25-29(11,12)24-27(7,8)14-22-18(20)16(3)4/h1,3,13-14H2,2,4-12H3. The monoisotopic (exact) mass is 478 g/mol. The number of hydrogen-bond acceptors (Lipinski definition) is 7. The molecular weight excluding hydrogens is 441 g/mol. The van der Waals surface area contributed by atoms with Crippen molar-refractivity contribution in [2.75, 3.05) is 12.5 Å². The fraction of sp³-hybridized carbons (Fsp3) is 0.667. The van der Waals surface area contributed by atoms with Crippen LogP contribution in [0.3, 0.4) is 0 Å². The molecule has 0 N–H and O–H groups in total. The molecule has 0 aliphatic rings. The van der Waals surface area contributed by atoms with E-state index in [-0.39, 0.29) is 12.5 Å². The maximum atomic E-state index is 11.7. The van der Waals surface area contributed by atoms with Gasteiger partial charge in [-0.2, -0.15) is 0 Å². The van der Waals surface area contributed by atoms with Gasteiger partial charge in [-0.15, -0.1) is 0 Å². The third-order valence-electron chi connectivity index (χ3n) is 3.33. The fourth-order valence-corrected chi connectivity index (χ4v) is 20.6.